The maximum atomic E-state index is 12.6. The third kappa shape index (κ3) is 4.64. The highest BCUT2D eigenvalue weighted by Gasteiger charge is 2.52. The molecule has 1 atom stereocenters. The first kappa shape index (κ1) is 20.6. The lowest BCUT2D eigenvalue weighted by Gasteiger charge is -2.21. The van der Waals surface area contributed by atoms with Gasteiger partial charge >= 0.3 is 12.0 Å². The second kappa shape index (κ2) is 8.92. The Morgan fingerprint density at radius 2 is 1.79 bits per heavy atom. The SMILES string of the molecule is C[C@H](OC(=O)CCN1C(=O)NC2(CCCC2)C1=O)C(=O)NC1CCCCCC1. The van der Waals surface area contributed by atoms with Gasteiger partial charge in [-0.05, 0) is 32.6 Å². The number of ether oxygens (including phenoxy) is 1. The van der Waals surface area contributed by atoms with E-state index in [1.54, 1.807) is 6.92 Å². The average Bonchev–Trinajstić information content (AvgIpc) is 3.10. The van der Waals surface area contributed by atoms with Crippen molar-refractivity contribution in [1.29, 1.82) is 0 Å². The standard InChI is InChI=1S/C20H31N3O5/c1-14(17(25)21-15-8-4-2-3-5-9-15)28-16(24)10-13-23-18(26)20(22-19(23)27)11-6-7-12-20/h14-15H,2-13H2,1H3,(H,21,25)(H,22,27)/t14-/m0/s1. The van der Waals surface area contributed by atoms with Crippen LogP contribution in [0.2, 0.25) is 0 Å². The maximum absolute atomic E-state index is 12.6. The zero-order valence-corrected chi connectivity index (χ0v) is 16.6. The molecule has 3 rings (SSSR count). The van der Waals surface area contributed by atoms with Crippen LogP contribution < -0.4 is 10.6 Å². The summed E-state index contributed by atoms with van der Waals surface area (Å²) in [4.78, 5) is 50.2. The Labute approximate surface area is 165 Å². The van der Waals surface area contributed by atoms with Crippen LogP contribution in [-0.2, 0) is 19.1 Å². The fraction of sp³-hybridized carbons (Fsp3) is 0.800. The third-order valence-electron chi connectivity index (χ3n) is 6.12. The van der Waals surface area contributed by atoms with Gasteiger partial charge in [0.05, 0.1) is 6.42 Å². The van der Waals surface area contributed by atoms with Gasteiger partial charge in [-0.25, -0.2) is 4.79 Å². The Hall–Kier alpha value is -2.12. The molecule has 8 heteroatoms. The molecule has 28 heavy (non-hydrogen) atoms. The lowest BCUT2D eigenvalue weighted by Crippen LogP contribution is -2.44. The van der Waals surface area contributed by atoms with Crippen molar-refractivity contribution in [3.63, 3.8) is 0 Å². The van der Waals surface area contributed by atoms with Crippen LogP contribution in [0.1, 0.15) is 77.6 Å². The van der Waals surface area contributed by atoms with Gasteiger partial charge in [0, 0.05) is 12.6 Å². The van der Waals surface area contributed by atoms with Crippen molar-refractivity contribution in [2.24, 2.45) is 0 Å². The van der Waals surface area contributed by atoms with Gasteiger partial charge in [-0.15, -0.1) is 0 Å². The van der Waals surface area contributed by atoms with Crippen LogP contribution in [0.3, 0.4) is 0 Å². The molecule has 1 heterocycles. The number of hydrogen-bond donors (Lipinski definition) is 2. The predicted molar refractivity (Wildman–Crippen MR) is 101 cm³/mol. The molecule has 0 aromatic heterocycles. The van der Waals surface area contributed by atoms with Crippen LogP contribution in [-0.4, -0.2) is 52.9 Å². The molecule has 4 amide bonds. The number of carbonyl (C=O) groups is 4. The smallest absolute Gasteiger partial charge is 0.325 e. The minimum Gasteiger partial charge on any atom is -0.452 e. The van der Waals surface area contributed by atoms with Crippen LogP contribution in [0.4, 0.5) is 4.79 Å². The number of imide groups is 1. The molecule has 2 N–H and O–H groups in total. The zero-order chi connectivity index (χ0) is 20.1. The summed E-state index contributed by atoms with van der Waals surface area (Å²) in [5.41, 5.74) is -0.771. The summed E-state index contributed by atoms with van der Waals surface area (Å²) in [6, 6.07) is -0.302. The van der Waals surface area contributed by atoms with Gasteiger partial charge in [-0.2, -0.15) is 0 Å². The van der Waals surface area contributed by atoms with Crippen molar-refractivity contribution in [3.05, 3.63) is 0 Å². The number of carbonyl (C=O) groups excluding carboxylic acids is 4. The number of nitrogens with one attached hydrogen (secondary N) is 2. The molecule has 1 saturated heterocycles. The van der Waals surface area contributed by atoms with Gasteiger partial charge in [0.1, 0.15) is 5.54 Å². The van der Waals surface area contributed by atoms with Crippen LogP contribution in [0, 0.1) is 0 Å². The molecular formula is C20H31N3O5. The first-order chi connectivity index (χ1) is 13.4. The Kier molecular flexibility index (Phi) is 6.57. The number of urea groups is 1. The summed E-state index contributed by atoms with van der Waals surface area (Å²) in [5, 5.41) is 5.75. The average molecular weight is 393 g/mol. The molecule has 3 aliphatic rings. The molecule has 0 radical (unpaired) electrons. The minimum atomic E-state index is -0.889. The van der Waals surface area contributed by atoms with Gasteiger partial charge < -0.3 is 15.4 Å². The van der Waals surface area contributed by atoms with Crippen molar-refractivity contribution in [1.82, 2.24) is 15.5 Å². The molecule has 1 aliphatic heterocycles. The highest BCUT2D eigenvalue weighted by Crippen LogP contribution is 2.35. The van der Waals surface area contributed by atoms with E-state index in [9.17, 15) is 19.2 Å². The number of hydrogen-bond acceptors (Lipinski definition) is 5. The molecule has 0 unspecified atom stereocenters. The summed E-state index contributed by atoms with van der Waals surface area (Å²) in [6.07, 6.45) is 8.64. The van der Waals surface area contributed by atoms with Crippen molar-refractivity contribution in [3.8, 4) is 0 Å². The summed E-state index contributed by atoms with van der Waals surface area (Å²) in [6.45, 7) is 1.52. The van der Waals surface area contributed by atoms with Crippen LogP contribution in [0.15, 0.2) is 0 Å². The second-order valence-corrected chi connectivity index (χ2v) is 8.26. The first-order valence-electron chi connectivity index (χ1n) is 10.6. The highest BCUT2D eigenvalue weighted by atomic mass is 16.5. The van der Waals surface area contributed by atoms with E-state index in [-0.39, 0.29) is 30.8 Å². The van der Waals surface area contributed by atoms with E-state index in [0.29, 0.717) is 12.8 Å². The lowest BCUT2D eigenvalue weighted by atomic mass is 9.98. The molecule has 1 spiro atoms. The Bertz CT molecular complexity index is 621. The summed E-state index contributed by atoms with van der Waals surface area (Å²) in [5.74, 6) is -1.13. The molecule has 156 valence electrons. The van der Waals surface area contributed by atoms with E-state index in [0.717, 1.165) is 43.4 Å². The van der Waals surface area contributed by atoms with Crippen LogP contribution >= 0.6 is 0 Å². The topological polar surface area (TPSA) is 105 Å². The lowest BCUT2D eigenvalue weighted by molar-refractivity contribution is -0.155. The summed E-state index contributed by atoms with van der Waals surface area (Å²) >= 11 is 0. The molecule has 2 aliphatic carbocycles. The number of nitrogens with zero attached hydrogens (tertiary/aromatic N) is 1. The molecule has 0 aromatic carbocycles. The Morgan fingerprint density at radius 1 is 1.14 bits per heavy atom. The summed E-state index contributed by atoms with van der Waals surface area (Å²) in [7, 11) is 0. The van der Waals surface area contributed by atoms with Gasteiger partial charge in [-0.1, -0.05) is 38.5 Å². The van der Waals surface area contributed by atoms with E-state index in [1.807, 2.05) is 0 Å². The Morgan fingerprint density at radius 3 is 2.43 bits per heavy atom. The fourth-order valence-electron chi connectivity index (χ4n) is 4.45. The Balaban J connectivity index is 1.42. The van der Waals surface area contributed by atoms with Gasteiger partial charge in [0.25, 0.3) is 11.8 Å². The first-order valence-corrected chi connectivity index (χ1v) is 10.6. The second-order valence-electron chi connectivity index (χ2n) is 8.26. The van der Waals surface area contributed by atoms with Crippen molar-refractivity contribution >= 4 is 23.8 Å². The normalized spacial score (nSPS) is 23.4. The third-order valence-corrected chi connectivity index (χ3v) is 6.12. The van der Waals surface area contributed by atoms with E-state index in [2.05, 4.69) is 10.6 Å². The van der Waals surface area contributed by atoms with Gasteiger partial charge in [0.15, 0.2) is 6.10 Å². The van der Waals surface area contributed by atoms with E-state index in [4.69, 9.17) is 4.74 Å². The quantitative estimate of drug-likeness (QED) is 0.408. The predicted octanol–water partition coefficient (Wildman–Crippen LogP) is 2.01. The number of rotatable bonds is 6. The van der Waals surface area contributed by atoms with Gasteiger partial charge in [0.2, 0.25) is 0 Å². The van der Waals surface area contributed by atoms with Crippen LogP contribution in [0.5, 0.6) is 0 Å². The molecule has 8 nitrogen and oxygen atoms in total. The number of esters is 1. The fourth-order valence-corrected chi connectivity index (χ4v) is 4.45. The zero-order valence-electron chi connectivity index (χ0n) is 16.6. The summed E-state index contributed by atoms with van der Waals surface area (Å²) < 4.78 is 5.21. The number of amides is 4. The molecule has 0 bridgehead atoms. The van der Waals surface area contributed by atoms with Gasteiger partial charge in [-0.3, -0.25) is 19.3 Å². The van der Waals surface area contributed by atoms with Crippen LogP contribution in [0.25, 0.3) is 0 Å². The van der Waals surface area contributed by atoms with Crippen molar-refractivity contribution in [2.75, 3.05) is 6.54 Å². The largest absolute Gasteiger partial charge is 0.452 e. The molecule has 2 saturated carbocycles. The molecule has 3 fully saturated rings. The highest BCUT2D eigenvalue weighted by molar-refractivity contribution is 6.07. The maximum Gasteiger partial charge on any atom is 0.325 e. The minimum absolute atomic E-state index is 0.0256. The molecular weight excluding hydrogens is 362 g/mol. The van der Waals surface area contributed by atoms with E-state index >= 15 is 0 Å². The monoisotopic (exact) mass is 393 g/mol. The van der Waals surface area contributed by atoms with Crippen molar-refractivity contribution < 1.29 is 23.9 Å². The van der Waals surface area contributed by atoms with E-state index in [1.165, 1.54) is 12.8 Å². The van der Waals surface area contributed by atoms with Crippen molar-refractivity contribution in [2.45, 2.75) is 95.2 Å². The van der Waals surface area contributed by atoms with E-state index < -0.39 is 23.6 Å². The molecule has 0 aromatic rings.